The zero-order valence-electron chi connectivity index (χ0n) is 34.9. The molecule has 1 unspecified atom stereocenters. The Morgan fingerprint density at radius 2 is 0.969 bits per heavy atom. The molecule has 0 amide bonds. The third-order valence-corrected chi connectivity index (χ3v) is 12.5. The normalized spacial score (nSPS) is 14.3. The Bertz CT molecular complexity index is 3350. The van der Waals surface area contributed by atoms with E-state index in [2.05, 4.69) is 0 Å². The maximum Gasteiger partial charge on any atom is 0.200 e. The van der Waals surface area contributed by atoms with Crippen molar-refractivity contribution in [2.75, 3.05) is 9.80 Å². The lowest BCUT2D eigenvalue weighted by Crippen LogP contribution is -2.19. The van der Waals surface area contributed by atoms with Gasteiger partial charge in [0, 0.05) is 39.6 Å². The molecular formula is C53H34F10N2. The van der Waals surface area contributed by atoms with Gasteiger partial charge in [-0.3, -0.25) is 0 Å². The van der Waals surface area contributed by atoms with Gasteiger partial charge >= 0.3 is 0 Å². The van der Waals surface area contributed by atoms with E-state index in [4.69, 9.17) is 0 Å². The molecule has 1 aliphatic rings. The second-order valence-corrected chi connectivity index (χ2v) is 17.5. The van der Waals surface area contributed by atoms with Crippen LogP contribution in [0.15, 0.2) is 115 Å². The first kappa shape index (κ1) is 41.9. The number of aryl methyl sites for hydroxylation is 1. The minimum atomic E-state index is -2.40. The highest BCUT2D eigenvalue weighted by molar-refractivity contribution is 6.27. The first-order valence-electron chi connectivity index (χ1n) is 20.6. The molecule has 0 saturated heterocycles. The van der Waals surface area contributed by atoms with Crippen molar-refractivity contribution in [1.29, 1.82) is 0 Å². The summed E-state index contributed by atoms with van der Waals surface area (Å²) in [6.45, 7) is 7.92. The third kappa shape index (κ3) is 6.47. The average Bonchev–Trinajstić information content (AvgIpc) is 3.29. The van der Waals surface area contributed by atoms with Gasteiger partial charge in [-0.2, -0.15) is 0 Å². The lowest BCUT2D eigenvalue weighted by Gasteiger charge is -2.32. The number of rotatable bonds is 3. The Hall–Kier alpha value is -7.08. The van der Waals surface area contributed by atoms with Crippen LogP contribution in [0.1, 0.15) is 54.5 Å². The van der Waals surface area contributed by atoms with Crippen molar-refractivity contribution < 1.29 is 43.9 Å². The Labute approximate surface area is 365 Å². The molecule has 0 radical (unpaired) electrons. The van der Waals surface area contributed by atoms with Gasteiger partial charge < -0.3 is 9.80 Å². The number of nitrogens with zero attached hydrogens (tertiary/aromatic N) is 2. The van der Waals surface area contributed by atoms with Gasteiger partial charge in [0.1, 0.15) is 5.69 Å². The fourth-order valence-electron chi connectivity index (χ4n) is 9.27. The molecule has 65 heavy (non-hydrogen) atoms. The van der Waals surface area contributed by atoms with Gasteiger partial charge in [0.15, 0.2) is 46.5 Å². The smallest absolute Gasteiger partial charge is 0.200 e. The molecular weight excluding hydrogens is 855 g/mol. The molecule has 1 atom stereocenters. The lowest BCUT2D eigenvalue weighted by molar-refractivity contribution is 0.366. The summed E-state index contributed by atoms with van der Waals surface area (Å²) in [6.07, 6.45) is -0.397. The third-order valence-electron chi connectivity index (χ3n) is 12.5. The van der Waals surface area contributed by atoms with Crippen molar-refractivity contribution >= 4 is 66.4 Å². The van der Waals surface area contributed by atoms with Gasteiger partial charge in [0.05, 0.1) is 5.69 Å². The predicted molar refractivity (Wildman–Crippen MR) is 235 cm³/mol. The number of fused-ring (bicyclic) bond motifs is 8. The van der Waals surface area contributed by atoms with Crippen LogP contribution in [0.5, 0.6) is 0 Å². The van der Waals surface area contributed by atoms with Crippen LogP contribution >= 0.6 is 0 Å². The summed E-state index contributed by atoms with van der Waals surface area (Å²) in [5, 5.41) is 2.74. The first-order valence-corrected chi connectivity index (χ1v) is 20.6. The SMILES string of the molecule is Cc1ccc(N2c3cccc(c3)CC(c3c(F)c(F)c(F)c(F)c3F)c3cc(c4ccc5cc(C(C)(C)C)cc6ccc3c4c65)N(c3c(F)c(F)c(F)c(F)c3F)c3cccc2c3)cc1. The standard InChI is InChI=1S/C53H34F10N2/c1-25-11-15-30(16-12-25)64-31-8-5-7-26(19-31)20-37(41-42(54)44(56)46(58)45(57)43(41)55)36-24-38(35-18-14-28-22-29(53(2,3)4)21-27-13-17-34(36)40(35)39(27)28)65(33-10-6-9-32(64)23-33)52-50(62)48(60)47(59)49(61)51(52)63/h5-19,21-24,37H,20H2,1-4H3. The highest BCUT2D eigenvalue weighted by Crippen LogP contribution is 2.52. The summed E-state index contributed by atoms with van der Waals surface area (Å²) in [7, 11) is 0. The van der Waals surface area contributed by atoms with Crippen LogP contribution in [-0.4, -0.2) is 0 Å². The van der Waals surface area contributed by atoms with Gasteiger partial charge in [0.2, 0.25) is 11.6 Å². The average molecular weight is 889 g/mol. The summed E-state index contributed by atoms with van der Waals surface area (Å²) >= 11 is 0. The molecule has 9 aromatic rings. The monoisotopic (exact) mass is 888 g/mol. The second-order valence-electron chi connectivity index (χ2n) is 17.5. The number of halogens is 10. The molecule has 1 heterocycles. The molecule has 12 heteroatoms. The molecule has 2 nitrogen and oxygen atoms in total. The minimum Gasteiger partial charge on any atom is -0.310 e. The summed E-state index contributed by atoms with van der Waals surface area (Å²) in [5.74, 6) is -23.9. The molecule has 9 aromatic carbocycles. The Morgan fingerprint density at radius 3 is 1.55 bits per heavy atom. The van der Waals surface area contributed by atoms with E-state index in [0.29, 0.717) is 44.2 Å². The highest BCUT2D eigenvalue weighted by Gasteiger charge is 2.37. The van der Waals surface area contributed by atoms with E-state index in [9.17, 15) is 8.78 Å². The second kappa shape index (κ2) is 15.0. The molecule has 10 rings (SSSR count). The van der Waals surface area contributed by atoms with Crippen LogP contribution in [0, 0.1) is 65.1 Å². The molecule has 0 aromatic heterocycles. The number of anilines is 6. The maximum atomic E-state index is 16.6. The summed E-state index contributed by atoms with van der Waals surface area (Å²) < 4.78 is 158. The molecule has 0 aliphatic carbocycles. The minimum absolute atomic E-state index is 0.0601. The largest absolute Gasteiger partial charge is 0.310 e. The van der Waals surface area contributed by atoms with Crippen molar-refractivity contribution in [3.05, 3.63) is 201 Å². The lowest BCUT2D eigenvalue weighted by atomic mass is 9.79. The number of hydrogen-bond acceptors (Lipinski definition) is 2. The van der Waals surface area contributed by atoms with Crippen LogP contribution < -0.4 is 9.80 Å². The predicted octanol–water partition coefficient (Wildman–Crippen LogP) is 16.2. The van der Waals surface area contributed by atoms with Gasteiger partial charge in [-0.25, -0.2) is 43.9 Å². The molecule has 0 saturated carbocycles. The zero-order valence-corrected chi connectivity index (χ0v) is 34.9. The van der Waals surface area contributed by atoms with E-state index in [-0.39, 0.29) is 33.1 Å². The van der Waals surface area contributed by atoms with Gasteiger partial charge in [-0.1, -0.05) is 93.1 Å². The molecule has 326 valence electrons. The Kier molecular flexibility index (Phi) is 9.67. The number of benzene rings is 9. The van der Waals surface area contributed by atoms with Gasteiger partial charge in [-0.05, 0) is 111 Å². The van der Waals surface area contributed by atoms with Crippen LogP contribution in [-0.2, 0) is 11.8 Å². The number of hydrogen-bond donors (Lipinski definition) is 0. The zero-order chi connectivity index (χ0) is 46.0. The highest BCUT2D eigenvalue weighted by atomic mass is 19.2. The quantitative estimate of drug-likeness (QED) is 0.0755. The van der Waals surface area contributed by atoms with Gasteiger partial charge in [0.25, 0.3) is 0 Å². The van der Waals surface area contributed by atoms with Crippen molar-refractivity contribution in [1.82, 2.24) is 0 Å². The Balaban J connectivity index is 1.43. The Morgan fingerprint density at radius 1 is 0.462 bits per heavy atom. The fourth-order valence-corrected chi connectivity index (χ4v) is 9.27. The van der Waals surface area contributed by atoms with E-state index >= 15 is 35.1 Å². The van der Waals surface area contributed by atoms with E-state index < -0.39 is 81.8 Å². The van der Waals surface area contributed by atoms with Crippen molar-refractivity contribution in [3.63, 3.8) is 0 Å². The molecule has 6 bridgehead atoms. The first-order chi connectivity index (χ1) is 30.9. The van der Waals surface area contributed by atoms with Crippen LogP contribution in [0.4, 0.5) is 78.0 Å². The van der Waals surface area contributed by atoms with Crippen molar-refractivity contribution in [3.8, 4) is 0 Å². The van der Waals surface area contributed by atoms with E-state index in [0.717, 1.165) is 16.0 Å². The molecule has 0 fully saturated rings. The van der Waals surface area contributed by atoms with E-state index in [1.54, 1.807) is 71.6 Å². The topological polar surface area (TPSA) is 6.48 Å². The fraction of sp³-hybridized carbons (Fsp3) is 0.132. The van der Waals surface area contributed by atoms with Gasteiger partial charge in [-0.15, -0.1) is 0 Å². The summed E-state index contributed by atoms with van der Waals surface area (Å²) in [4.78, 5) is 2.60. The maximum absolute atomic E-state index is 16.6. The van der Waals surface area contributed by atoms with E-state index in [1.165, 1.54) is 24.3 Å². The van der Waals surface area contributed by atoms with Crippen LogP contribution in [0.3, 0.4) is 0 Å². The van der Waals surface area contributed by atoms with E-state index in [1.807, 2.05) is 52.0 Å². The molecule has 0 spiro atoms. The summed E-state index contributed by atoms with van der Waals surface area (Å²) in [6, 6.07) is 32.0. The van der Waals surface area contributed by atoms with Crippen molar-refractivity contribution in [2.45, 2.75) is 45.4 Å². The van der Waals surface area contributed by atoms with Crippen LogP contribution in [0.25, 0.3) is 32.3 Å². The summed E-state index contributed by atoms with van der Waals surface area (Å²) in [5.41, 5.74) is 0.309. The molecule has 1 aliphatic heterocycles. The van der Waals surface area contributed by atoms with Crippen molar-refractivity contribution in [2.24, 2.45) is 0 Å². The van der Waals surface area contributed by atoms with Crippen LogP contribution in [0.2, 0.25) is 0 Å². The molecule has 0 N–H and O–H groups in total.